The van der Waals surface area contributed by atoms with Crippen molar-refractivity contribution in [3.8, 4) is 0 Å². The summed E-state index contributed by atoms with van der Waals surface area (Å²) in [5, 5.41) is 9.77. The van der Waals surface area contributed by atoms with E-state index >= 15 is 0 Å². The van der Waals surface area contributed by atoms with Crippen LogP contribution in [0.3, 0.4) is 0 Å². The van der Waals surface area contributed by atoms with Crippen LogP contribution < -0.4 is 0 Å². The number of hydrogen-bond donors (Lipinski definition) is 1. The van der Waals surface area contributed by atoms with Gasteiger partial charge in [-0.05, 0) is 18.4 Å². The van der Waals surface area contributed by atoms with E-state index in [-0.39, 0.29) is 29.8 Å². The normalized spacial score (nSPS) is 48.9. The molecule has 0 unspecified atom stereocenters. The highest BCUT2D eigenvalue weighted by Gasteiger charge is 2.50. The van der Waals surface area contributed by atoms with E-state index in [1.807, 2.05) is 18.2 Å². The molecule has 1 fully saturated rings. The van der Waals surface area contributed by atoms with Gasteiger partial charge in [-0.15, -0.1) is 0 Å². The van der Waals surface area contributed by atoms with E-state index in [9.17, 15) is 9.90 Å². The van der Waals surface area contributed by atoms with E-state index in [2.05, 4.69) is 0 Å². The number of ether oxygens (including phenoxy) is 1. The summed E-state index contributed by atoms with van der Waals surface area (Å²) in [6.07, 6.45) is 7.81. The van der Waals surface area contributed by atoms with Gasteiger partial charge in [-0.2, -0.15) is 0 Å². The highest BCUT2D eigenvalue weighted by molar-refractivity contribution is 5.78. The van der Waals surface area contributed by atoms with Gasteiger partial charge in [-0.3, -0.25) is 4.79 Å². The van der Waals surface area contributed by atoms with E-state index in [1.54, 1.807) is 6.08 Å². The Morgan fingerprint density at radius 2 is 2.21 bits per heavy atom. The largest absolute Gasteiger partial charge is 0.457 e. The van der Waals surface area contributed by atoms with E-state index in [0.717, 1.165) is 6.42 Å². The number of hydrogen-bond acceptors (Lipinski definition) is 3. The summed E-state index contributed by atoms with van der Waals surface area (Å²) in [5.74, 6) is 0.0528. The fraction of sp³-hybridized carbons (Fsp3) is 0.545. The number of carbonyl (C=O) groups is 1. The first-order valence-electron chi connectivity index (χ1n) is 5.01. The van der Waals surface area contributed by atoms with Gasteiger partial charge in [0.1, 0.15) is 6.10 Å². The molecule has 1 N–H and O–H groups in total. The molecule has 1 aliphatic heterocycles. The molecule has 0 aromatic heterocycles. The third-order valence-electron chi connectivity index (χ3n) is 3.50. The average molecular weight is 192 g/mol. The minimum Gasteiger partial charge on any atom is -0.457 e. The molecular weight excluding hydrogens is 180 g/mol. The molecule has 0 amide bonds. The van der Waals surface area contributed by atoms with E-state index in [1.165, 1.54) is 0 Å². The predicted octanol–water partition coefficient (Wildman–Crippen LogP) is 0.651. The number of allylic oxidation sites excluding steroid dienone is 1. The molecule has 5 atom stereocenters. The van der Waals surface area contributed by atoms with Gasteiger partial charge in [-0.1, -0.05) is 18.2 Å². The maximum absolute atomic E-state index is 11.5. The molecule has 1 saturated heterocycles. The lowest BCUT2D eigenvalue weighted by molar-refractivity contribution is -0.142. The van der Waals surface area contributed by atoms with Gasteiger partial charge < -0.3 is 9.84 Å². The van der Waals surface area contributed by atoms with Crippen LogP contribution in [0.2, 0.25) is 0 Å². The summed E-state index contributed by atoms with van der Waals surface area (Å²) in [6.45, 7) is 0. The van der Waals surface area contributed by atoms with Crippen LogP contribution in [0.25, 0.3) is 0 Å². The molecule has 2 aliphatic carbocycles. The Morgan fingerprint density at radius 3 is 3.07 bits per heavy atom. The van der Waals surface area contributed by atoms with E-state index in [4.69, 9.17) is 4.74 Å². The van der Waals surface area contributed by atoms with Crippen LogP contribution in [0.15, 0.2) is 24.3 Å². The molecular formula is C11H12O3. The predicted molar refractivity (Wildman–Crippen MR) is 49.3 cm³/mol. The standard InChI is InChI=1S/C11H12O3/c12-8-4-5-9-10-6(8)2-1-3-7(10)11(13)14-9/h1,3-10,12H,2H2/t6-,7-,8+,9-,10-/m0/s1. The number of carbonyl (C=O) groups excluding carboxylic acids is 1. The Hall–Kier alpha value is -1.09. The summed E-state index contributed by atoms with van der Waals surface area (Å²) in [6, 6.07) is 0. The summed E-state index contributed by atoms with van der Waals surface area (Å²) in [7, 11) is 0. The molecule has 3 rings (SSSR count). The fourth-order valence-electron chi connectivity index (χ4n) is 2.81. The summed E-state index contributed by atoms with van der Waals surface area (Å²) < 4.78 is 5.24. The van der Waals surface area contributed by atoms with E-state index < -0.39 is 6.10 Å². The van der Waals surface area contributed by atoms with Crippen LogP contribution in [0.5, 0.6) is 0 Å². The summed E-state index contributed by atoms with van der Waals surface area (Å²) >= 11 is 0. The average Bonchev–Trinajstić information content (AvgIpc) is 2.52. The van der Waals surface area contributed by atoms with Gasteiger partial charge in [0, 0.05) is 5.92 Å². The number of rotatable bonds is 0. The Balaban J connectivity index is 2.04. The lowest BCUT2D eigenvalue weighted by atomic mass is 9.69. The van der Waals surface area contributed by atoms with Gasteiger partial charge in [-0.25, -0.2) is 0 Å². The molecule has 0 aromatic rings. The SMILES string of the molecule is O=C1O[C@H]2C=C[C@@H](O)[C@@H]3CC=C[C@H]1[C@H]32. The zero-order valence-corrected chi connectivity index (χ0v) is 7.67. The van der Waals surface area contributed by atoms with Crippen molar-refractivity contribution in [3.05, 3.63) is 24.3 Å². The second kappa shape index (κ2) is 2.70. The van der Waals surface area contributed by atoms with Crippen LogP contribution in [0.4, 0.5) is 0 Å². The third-order valence-corrected chi connectivity index (χ3v) is 3.50. The number of aliphatic hydroxyl groups is 1. The Labute approximate surface area is 82.1 Å². The minimum absolute atomic E-state index is 0.106. The molecule has 74 valence electrons. The lowest BCUT2D eigenvalue weighted by Crippen LogP contribution is -2.39. The van der Waals surface area contributed by atoms with Crippen molar-refractivity contribution >= 4 is 5.97 Å². The first-order chi connectivity index (χ1) is 6.77. The fourth-order valence-corrected chi connectivity index (χ4v) is 2.81. The van der Waals surface area contributed by atoms with Crippen molar-refractivity contribution in [2.45, 2.75) is 18.6 Å². The van der Waals surface area contributed by atoms with Crippen LogP contribution in [0, 0.1) is 17.8 Å². The van der Waals surface area contributed by atoms with Crippen molar-refractivity contribution in [3.63, 3.8) is 0 Å². The summed E-state index contributed by atoms with van der Waals surface area (Å²) in [5.41, 5.74) is 0. The van der Waals surface area contributed by atoms with Crippen LogP contribution in [-0.4, -0.2) is 23.3 Å². The molecule has 0 bridgehead atoms. The maximum Gasteiger partial charge on any atom is 0.313 e. The van der Waals surface area contributed by atoms with E-state index in [0.29, 0.717) is 0 Å². The number of aliphatic hydroxyl groups excluding tert-OH is 1. The zero-order chi connectivity index (χ0) is 9.71. The molecule has 3 heteroatoms. The smallest absolute Gasteiger partial charge is 0.313 e. The zero-order valence-electron chi connectivity index (χ0n) is 7.67. The molecule has 0 saturated carbocycles. The first-order valence-corrected chi connectivity index (χ1v) is 5.01. The first kappa shape index (κ1) is 8.24. The second-order valence-corrected chi connectivity index (χ2v) is 4.21. The molecule has 1 heterocycles. The molecule has 3 aliphatic rings. The van der Waals surface area contributed by atoms with Crippen LogP contribution >= 0.6 is 0 Å². The monoisotopic (exact) mass is 192 g/mol. The van der Waals surface area contributed by atoms with Gasteiger partial charge in [0.05, 0.1) is 12.0 Å². The Bertz CT molecular complexity index is 331. The Kier molecular flexibility index (Phi) is 1.59. The molecule has 0 spiro atoms. The number of esters is 1. The second-order valence-electron chi connectivity index (χ2n) is 4.21. The van der Waals surface area contributed by atoms with Gasteiger partial charge in [0.25, 0.3) is 0 Å². The van der Waals surface area contributed by atoms with Crippen molar-refractivity contribution in [2.75, 3.05) is 0 Å². The molecule has 0 aromatic carbocycles. The highest BCUT2D eigenvalue weighted by atomic mass is 16.6. The van der Waals surface area contributed by atoms with Crippen molar-refractivity contribution in [1.82, 2.24) is 0 Å². The quantitative estimate of drug-likeness (QED) is 0.453. The van der Waals surface area contributed by atoms with Gasteiger partial charge in [0.15, 0.2) is 0 Å². The molecule has 3 nitrogen and oxygen atoms in total. The van der Waals surface area contributed by atoms with Crippen LogP contribution in [-0.2, 0) is 9.53 Å². The van der Waals surface area contributed by atoms with Gasteiger partial charge in [0.2, 0.25) is 0 Å². The topological polar surface area (TPSA) is 46.5 Å². The van der Waals surface area contributed by atoms with Crippen molar-refractivity contribution in [2.24, 2.45) is 17.8 Å². The highest BCUT2D eigenvalue weighted by Crippen LogP contribution is 2.44. The Morgan fingerprint density at radius 1 is 1.36 bits per heavy atom. The summed E-state index contributed by atoms with van der Waals surface area (Å²) in [4.78, 5) is 11.5. The molecule has 14 heavy (non-hydrogen) atoms. The van der Waals surface area contributed by atoms with Crippen LogP contribution in [0.1, 0.15) is 6.42 Å². The van der Waals surface area contributed by atoms with Crippen molar-refractivity contribution < 1.29 is 14.6 Å². The van der Waals surface area contributed by atoms with Gasteiger partial charge >= 0.3 is 5.97 Å². The third kappa shape index (κ3) is 0.932. The van der Waals surface area contributed by atoms with Crippen molar-refractivity contribution in [1.29, 1.82) is 0 Å². The molecule has 0 radical (unpaired) electrons. The maximum atomic E-state index is 11.5. The minimum atomic E-state index is -0.418. The lowest BCUT2D eigenvalue weighted by Gasteiger charge is -2.35.